The van der Waals surface area contributed by atoms with Crippen LogP contribution in [0.2, 0.25) is 0 Å². The first-order valence-electron chi connectivity index (χ1n) is 8.88. The summed E-state index contributed by atoms with van der Waals surface area (Å²) < 4.78 is 1.84. The molecule has 2 amide bonds. The molecular formula is C20H18BrN3O2S2. The van der Waals surface area contributed by atoms with Crippen LogP contribution in [-0.4, -0.2) is 33.9 Å². The van der Waals surface area contributed by atoms with E-state index >= 15 is 0 Å². The lowest BCUT2D eigenvalue weighted by molar-refractivity contribution is -0.116. The van der Waals surface area contributed by atoms with E-state index in [0.29, 0.717) is 5.75 Å². The normalized spacial score (nSPS) is 14.1. The second-order valence-corrected chi connectivity index (χ2v) is 10.1. The molecule has 1 aliphatic heterocycles. The molecule has 1 N–H and O–H groups in total. The molecular weight excluding hydrogens is 458 g/mol. The Morgan fingerprint density at radius 3 is 2.96 bits per heavy atom. The maximum absolute atomic E-state index is 12.7. The van der Waals surface area contributed by atoms with Crippen molar-refractivity contribution in [3.05, 3.63) is 48.0 Å². The Labute approximate surface area is 179 Å². The molecule has 2 heterocycles. The van der Waals surface area contributed by atoms with Gasteiger partial charge in [-0.15, -0.1) is 11.3 Å². The molecule has 0 fully saturated rings. The van der Waals surface area contributed by atoms with Gasteiger partial charge in [0.15, 0.2) is 4.34 Å². The summed E-state index contributed by atoms with van der Waals surface area (Å²) in [6.45, 7) is 2.53. The number of anilines is 2. The number of rotatable bonds is 5. The van der Waals surface area contributed by atoms with E-state index in [1.54, 1.807) is 6.92 Å². The maximum atomic E-state index is 12.7. The zero-order chi connectivity index (χ0) is 19.7. The minimum Gasteiger partial charge on any atom is -0.325 e. The SMILES string of the molecule is CC(Br)C(=O)Nc1ccc2nc(SCC(=O)N3CCc4ccccc43)sc2c1. The Balaban J connectivity index is 1.42. The molecule has 8 heteroatoms. The van der Waals surface area contributed by atoms with Crippen LogP contribution in [0.15, 0.2) is 46.8 Å². The van der Waals surface area contributed by atoms with E-state index in [9.17, 15) is 9.59 Å². The second-order valence-electron chi connectivity index (χ2n) is 6.48. The van der Waals surface area contributed by atoms with Gasteiger partial charge in [-0.05, 0) is 43.2 Å². The number of alkyl halides is 1. The fourth-order valence-corrected chi connectivity index (χ4v) is 5.18. The Kier molecular flexibility index (Phi) is 5.70. The van der Waals surface area contributed by atoms with E-state index in [0.717, 1.165) is 38.9 Å². The highest BCUT2D eigenvalue weighted by Crippen LogP contribution is 2.33. The molecule has 1 atom stereocenters. The van der Waals surface area contributed by atoms with Crippen molar-refractivity contribution in [2.45, 2.75) is 22.5 Å². The molecule has 0 aliphatic carbocycles. The number of benzene rings is 2. The van der Waals surface area contributed by atoms with Crippen molar-refractivity contribution in [1.29, 1.82) is 0 Å². The third-order valence-corrected chi connectivity index (χ3v) is 7.07. The van der Waals surface area contributed by atoms with Gasteiger partial charge >= 0.3 is 0 Å². The van der Waals surface area contributed by atoms with E-state index < -0.39 is 0 Å². The van der Waals surface area contributed by atoms with Crippen LogP contribution < -0.4 is 10.2 Å². The first-order valence-corrected chi connectivity index (χ1v) is 11.6. The van der Waals surface area contributed by atoms with Crippen molar-refractivity contribution in [2.24, 2.45) is 0 Å². The predicted molar refractivity (Wildman–Crippen MR) is 120 cm³/mol. The number of nitrogens with zero attached hydrogens (tertiary/aromatic N) is 2. The number of hydrogen-bond donors (Lipinski definition) is 1. The topological polar surface area (TPSA) is 62.3 Å². The minimum atomic E-state index is -0.252. The lowest BCUT2D eigenvalue weighted by Gasteiger charge is -2.16. The van der Waals surface area contributed by atoms with E-state index in [1.165, 1.54) is 28.7 Å². The van der Waals surface area contributed by atoms with Gasteiger partial charge < -0.3 is 10.2 Å². The summed E-state index contributed by atoms with van der Waals surface area (Å²) in [7, 11) is 0. The predicted octanol–water partition coefficient (Wildman–Crippen LogP) is 4.70. The fraction of sp³-hybridized carbons (Fsp3) is 0.250. The monoisotopic (exact) mass is 475 g/mol. The quantitative estimate of drug-likeness (QED) is 0.429. The van der Waals surface area contributed by atoms with E-state index in [-0.39, 0.29) is 16.6 Å². The molecule has 28 heavy (non-hydrogen) atoms. The van der Waals surface area contributed by atoms with Gasteiger partial charge in [-0.2, -0.15) is 0 Å². The van der Waals surface area contributed by atoms with Gasteiger partial charge in [0.25, 0.3) is 0 Å². The molecule has 0 bridgehead atoms. The Morgan fingerprint density at radius 1 is 1.32 bits per heavy atom. The number of thiazole rings is 1. The number of fused-ring (bicyclic) bond motifs is 2. The van der Waals surface area contributed by atoms with Gasteiger partial charge in [0.05, 0.1) is 20.8 Å². The van der Waals surface area contributed by atoms with Crippen molar-refractivity contribution in [2.75, 3.05) is 22.5 Å². The second kappa shape index (κ2) is 8.23. The molecule has 144 valence electrons. The van der Waals surface area contributed by atoms with Gasteiger partial charge in [-0.3, -0.25) is 9.59 Å². The summed E-state index contributed by atoms with van der Waals surface area (Å²) in [5.41, 5.74) is 3.87. The lowest BCUT2D eigenvalue weighted by Crippen LogP contribution is -2.30. The molecule has 1 aliphatic rings. The van der Waals surface area contributed by atoms with Crippen LogP contribution in [0.4, 0.5) is 11.4 Å². The Bertz CT molecular complexity index is 1050. The molecule has 4 rings (SSSR count). The number of thioether (sulfide) groups is 1. The van der Waals surface area contributed by atoms with Crippen LogP contribution in [0.3, 0.4) is 0 Å². The van der Waals surface area contributed by atoms with Crippen LogP contribution in [-0.2, 0) is 16.0 Å². The van der Waals surface area contributed by atoms with Gasteiger partial charge in [-0.1, -0.05) is 45.9 Å². The largest absolute Gasteiger partial charge is 0.325 e. The average molecular weight is 476 g/mol. The number of aromatic nitrogens is 1. The average Bonchev–Trinajstić information content (AvgIpc) is 3.29. The van der Waals surface area contributed by atoms with Crippen molar-refractivity contribution < 1.29 is 9.59 Å². The van der Waals surface area contributed by atoms with Gasteiger partial charge in [-0.25, -0.2) is 4.98 Å². The Morgan fingerprint density at radius 2 is 2.14 bits per heavy atom. The first-order chi connectivity index (χ1) is 13.5. The number of amides is 2. The van der Waals surface area contributed by atoms with Crippen molar-refractivity contribution in [1.82, 2.24) is 4.98 Å². The number of para-hydroxylation sites is 1. The van der Waals surface area contributed by atoms with Crippen LogP contribution >= 0.6 is 39.0 Å². The van der Waals surface area contributed by atoms with Crippen LogP contribution in [0.1, 0.15) is 12.5 Å². The minimum absolute atomic E-state index is 0.0880. The number of hydrogen-bond acceptors (Lipinski definition) is 5. The van der Waals surface area contributed by atoms with Crippen LogP contribution in [0.25, 0.3) is 10.2 Å². The third-order valence-electron chi connectivity index (χ3n) is 4.50. The summed E-state index contributed by atoms with van der Waals surface area (Å²) in [5, 5.41) is 2.86. The molecule has 0 spiro atoms. The highest BCUT2D eigenvalue weighted by atomic mass is 79.9. The Hall–Kier alpha value is -1.90. The van der Waals surface area contributed by atoms with Crippen molar-refractivity contribution in [3.8, 4) is 0 Å². The zero-order valence-corrected chi connectivity index (χ0v) is 18.4. The van der Waals surface area contributed by atoms with Gasteiger partial charge in [0.1, 0.15) is 0 Å². The molecule has 1 unspecified atom stereocenters. The molecule has 2 aromatic carbocycles. The number of halogens is 1. The van der Waals surface area contributed by atoms with Gasteiger partial charge in [0.2, 0.25) is 11.8 Å². The third kappa shape index (κ3) is 4.09. The molecule has 0 radical (unpaired) electrons. The first kappa shape index (κ1) is 19.4. The summed E-state index contributed by atoms with van der Waals surface area (Å²) in [6, 6.07) is 13.7. The zero-order valence-electron chi connectivity index (χ0n) is 15.1. The molecule has 3 aromatic rings. The van der Waals surface area contributed by atoms with Crippen LogP contribution in [0, 0.1) is 0 Å². The van der Waals surface area contributed by atoms with Gasteiger partial charge in [0, 0.05) is 17.9 Å². The fourth-order valence-electron chi connectivity index (χ4n) is 3.08. The number of carbonyl (C=O) groups is 2. The van der Waals surface area contributed by atoms with Crippen molar-refractivity contribution in [3.63, 3.8) is 0 Å². The van der Waals surface area contributed by atoms with E-state index in [2.05, 4.69) is 32.3 Å². The van der Waals surface area contributed by atoms with E-state index in [1.807, 2.05) is 41.3 Å². The summed E-state index contributed by atoms with van der Waals surface area (Å²) in [6.07, 6.45) is 0.912. The summed E-state index contributed by atoms with van der Waals surface area (Å²) in [4.78, 5) is 30.7. The van der Waals surface area contributed by atoms with Crippen LogP contribution in [0.5, 0.6) is 0 Å². The summed E-state index contributed by atoms with van der Waals surface area (Å²) >= 11 is 6.26. The molecule has 0 saturated carbocycles. The number of nitrogens with one attached hydrogen (secondary N) is 1. The molecule has 5 nitrogen and oxygen atoms in total. The standard InChI is InChI=1S/C20H18BrN3O2S2/c1-12(21)19(26)22-14-6-7-15-17(10-14)28-20(23-15)27-11-18(25)24-9-8-13-4-2-3-5-16(13)24/h2-7,10,12H,8-9,11H2,1H3,(H,22,26). The number of carbonyl (C=O) groups excluding carboxylic acids is 2. The molecule has 1 aromatic heterocycles. The lowest BCUT2D eigenvalue weighted by atomic mass is 10.2. The van der Waals surface area contributed by atoms with E-state index in [4.69, 9.17) is 0 Å². The molecule has 0 saturated heterocycles. The highest BCUT2D eigenvalue weighted by molar-refractivity contribution is 9.10. The highest BCUT2D eigenvalue weighted by Gasteiger charge is 2.24. The smallest absolute Gasteiger partial charge is 0.237 e. The summed E-state index contributed by atoms with van der Waals surface area (Å²) in [5.74, 6) is 0.377. The van der Waals surface area contributed by atoms with Crippen molar-refractivity contribution >= 4 is 72.4 Å². The maximum Gasteiger partial charge on any atom is 0.237 e.